The number of rotatable bonds is 7. The number of carbonyl (C=O) groups is 2. The van der Waals surface area contributed by atoms with Crippen LogP contribution in [0.2, 0.25) is 5.02 Å². The molecule has 1 aromatic carbocycles. The van der Waals surface area contributed by atoms with E-state index in [4.69, 9.17) is 11.6 Å². The minimum absolute atomic E-state index is 0.181. The molecule has 0 radical (unpaired) electrons. The van der Waals surface area contributed by atoms with Crippen molar-refractivity contribution in [1.82, 2.24) is 4.90 Å². The van der Waals surface area contributed by atoms with Crippen molar-refractivity contribution in [3.63, 3.8) is 0 Å². The Bertz CT molecular complexity index is 846. The molecule has 0 aliphatic carbocycles. The van der Waals surface area contributed by atoms with Crippen molar-refractivity contribution in [3.8, 4) is 0 Å². The zero-order valence-corrected chi connectivity index (χ0v) is 20.6. The number of carboxylic acids is 1. The molecule has 1 aliphatic rings. The maximum atomic E-state index is 13.6. The van der Waals surface area contributed by atoms with Crippen LogP contribution in [0.3, 0.4) is 0 Å². The van der Waals surface area contributed by atoms with Crippen LogP contribution in [0.15, 0.2) is 18.2 Å². The van der Waals surface area contributed by atoms with E-state index in [1.54, 1.807) is 17.0 Å². The summed E-state index contributed by atoms with van der Waals surface area (Å²) in [7, 11) is 0. The van der Waals surface area contributed by atoms with Gasteiger partial charge in [0.05, 0.1) is 22.5 Å². The fourth-order valence-corrected chi connectivity index (χ4v) is 4.36. The van der Waals surface area contributed by atoms with E-state index in [-0.39, 0.29) is 17.1 Å². The van der Waals surface area contributed by atoms with Gasteiger partial charge in [-0.15, -0.1) is 0 Å². The molecule has 3 unspecified atom stereocenters. The summed E-state index contributed by atoms with van der Waals surface area (Å²) < 4.78 is 40.8. The number of benzene rings is 1. The second-order valence-corrected chi connectivity index (χ2v) is 10.7. The van der Waals surface area contributed by atoms with E-state index in [1.165, 1.54) is 6.07 Å². The Hall–Kier alpha value is -1.80. The summed E-state index contributed by atoms with van der Waals surface area (Å²) in [5.41, 5.74) is 0.305. The van der Waals surface area contributed by atoms with Crippen LogP contribution in [0, 0.1) is 23.2 Å². The van der Waals surface area contributed by atoms with Crippen molar-refractivity contribution in [2.45, 2.75) is 66.1 Å². The number of hydrogen-bond donors (Lipinski definition) is 2. The van der Waals surface area contributed by atoms with Crippen molar-refractivity contribution in [2.24, 2.45) is 23.2 Å². The number of piperidine rings is 1. The molecule has 1 saturated heterocycles. The second kappa shape index (κ2) is 10.6. The fraction of sp³-hybridized carbons (Fsp3) is 0.667. The van der Waals surface area contributed by atoms with Gasteiger partial charge in [0, 0.05) is 0 Å². The maximum Gasteiger partial charge on any atom is 0.393 e. The third kappa shape index (κ3) is 7.34. The number of aliphatic carboxylic acids is 1. The first kappa shape index (κ1) is 27.4. The molecule has 33 heavy (non-hydrogen) atoms. The van der Waals surface area contributed by atoms with E-state index in [9.17, 15) is 27.9 Å². The smallest absolute Gasteiger partial charge is 0.393 e. The number of hydrogen-bond acceptors (Lipinski definition) is 3. The first-order chi connectivity index (χ1) is 15.1. The molecule has 186 valence electrons. The van der Waals surface area contributed by atoms with E-state index in [1.807, 2.05) is 27.7 Å². The topological polar surface area (TPSA) is 69.6 Å². The first-order valence-corrected chi connectivity index (χ1v) is 11.6. The summed E-state index contributed by atoms with van der Waals surface area (Å²) in [4.78, 5) is 26.5. The number of halogens is 4. The van der Waals surface area contributed by atoms with Gasteiger partial charge in [-0.2, -0.15) is 13.2 Å². The number of carboxylic acid groups (broad SMARTS) is 1. The summed E-state index contributed by atoms with van der Waals surface area (Å²) >= 11 is 6.24. The molecule has 1 fully saturated rings. The number of alkyl halides is 3. The minimum atomic E-state index is -4.53. The SMILES string of the molecule is CC1CCN(C(C(=O)Nc2cc(CC(C(=O)O)C(C)(C)C)ccc2Cl)C(C)C(F)(F)F)CC1. The highest BCUT2D eigenvalue weighted by Gasteiger charge is 2.47. The monoisotopic (exact) mass is 490 g/mol. The number of likely N-dealkylation sites (tertiary alicyclic amines) is 1. The number of nitrogens with zero attached hydrogens (tertiary/aromatic N) is 1. The van der Waals surface area contributed by atoms with Crippen LogP contribution < -0.4 is 5.32 Å². The van der Waals surface area contributed by atoms with Crippen LogP contribution in [0.5, 0.6) is 0 Å². The standard InChI is InChI=1S/C24H34ClF3N2O3/c1-14-8-10-30(11-9-14)20(15(2)24(26,27)28)21(31)29-19-13-16(6-7-18(19)25)12-17(22(32)33)23(3,4)5/h6-7,13-15,17,20H,8-12H2,1-5H3,(H,29,31)(H,32,33). The Morgan fingerprint density at radius 1 is 1.21 bits per heavy atom. The van der Waals surface area contributed by atoms with Crippen LogP contribution in [-0.2, 0) is 16.0 Å². The highest BCUT2D eigenvalue weighted by Crippen LogP contribution is 2.35. The van der Waals surface area contributed by atoms with E-state index in [0.29, 0.717) is 24.6 Å². The van der Waals surface area contributed by atoms with Crippen molar-refractivity contribution < 1.29 is 27.9 Å². The molecule has 2 rings (SSSR count). The maximum absolute atomic E-state index is 13.6. The van der Waals surface area contributed by atoms with Gasteiger partial charge < -0.3 is 10.4 Å². The molecule has 9 heteroatoms. The van der Waals surface area contributed by atoms with Gasteiger partial charge in [-0.25, -0.2) is 0 Å². The average Bonchev–Trinajstić information content (AvgIpc) is 2.68. The van der Waals surface area contributed by atoms with Gasteiger partial charge in [0.15, 0.2) is 0 Å². The van der Waals surface area contributed by atoms with Gasteiger partial charge in [-0.1, -0.05) is 52.3 Å². The summed E-state index contributed by atoms with van der Waals surface area (Å²) in [6, 6.07) is 3.37. The molecule has 1 aliphatic heterocycles. The lowest BCUT2D eigenvalue weighted by molar-refractivity contribution is -0.189. The summed E-state index contributed by atoms with van der Waals surface area (Å²) in [5.74, 6) is -3.84. The Morgan fingerprint density at radius 3 is 2.27 bits per heavy atom. The predicted molar refractivity (Wildman–Crippen MR) is 123 cm³/mol. The Kier molecular flexibility index (Phi) is 8.85. The Balaban J connectivity index is 2.29. The van der Waals surface area contributed by atoms with Gasteiger partial charge in [0.2, 0.25) is 5.91 Å². The normalized spacial score (nSPS) is 19.1. The van der Waals surface area contributed by atoms with Crippen molar-refractivity contribution in [2.75, 3.05) is 18.4 Å². The molecule has 0 aromatic heterocycles. The molecule has 1 aromatic rings. The number of amides is 1. The number of anilines is 1. The molecule has 0 bridgehead atoms. The molecule has 0 spiro atoms. The third-order valence-corrected chi connectivity index (χ3v) is 6.87. The Labute approximate surface area is 198 Å². The van der Waals surface area contributed by atoms with E-state index < -0.39 is 41.3 Å². The lowest BCUT2D eigenvalue weighted by Crippen LogP contribution is -2.54. The van der Waals surface area contributed by atoms with Crippen LogP contribution in [0.1, 0.15) is 53.0 Å². The highest BCUT2D eigenvalue weighted by molar-refractivity contribution is 6.33. The van der Waals surface area contributed by atoms with Crippen molar-refractivity contribution in [3.05, 3.63) is 28.8 Å². The molecule has 1 heterocycles. The highest BCUT2D eigenvalue weighted by atomic mass is 35.5. The van der Waals surface area contributed by atoms with E-state index in [2.05, 4.69) is 5.32 Å². The zero-order valence-electron chi connectivity index (χ0n) is 19.8. The molecular formula is C24H34ClF3N2O3. The molecule has 1 amide bonds. The van der Waals surface area contributed by atoms with Crippen LogP contribution in [-0.4, -0.2) is 47.2 Å². The van der Waals surface area contributed by atoms with Crippen LogP contribution in [0.4, 0.5) is 18.9 Å². The summed E-state index contributed by atoms with van der Waals surface area (Å²) in [6.07, 6.45) is -2.87. The van der Waals surface area contributed by atoms with Crippen LogP contribution in [0.25, 0.3) is 0 Å². The predicted octanol–water partition coefficient (Wildman–Crippen LogP) is 5.87. The number of nitrogens with one attached hydrogen (secondary N) is 1. The largest absolute Gasteiger partial charge is 0.481 e. The van der Waals surface area contributed by atoms with E-state index >= 15 is 0 Å². The molecular weight excluding hydrogens is 457 g/mol. The lowest BCUT2D eigenvalue weighted by atomic mass is 9.77. The fourth-order valence-electron chi connectivity index (χ4n) is 4.20. The van der Waals surface area contributed by atoms with Gasteiger partial charge in [0.25, 0.3) is 0 Å². The van der Waals surface area contributed by atoms with Gasteiger partial charge in [0.1, 0.15) is 6.04 Å². The first-order valence-electron chi connectivity index (χ1n) is 11.2. The van der Waals surface area contributed by atoms with Crippen LogP contribution >= 0.6 is 11.6 Å². The number of carbonyl (C=O) groups excluding carboxylic acids is 1. The lowest BCUT2D eigenvalue weighted by Gasteiger charge is -2.39. The Morgan fingerprint density at radius 2 is 1.79 bits per heavy atom. The van der Waals surface area contributed by atoms with Crippen molar-refractivity contribution >= 4 is 29.2 Å². The van der Waals surface area contributed by atoms with Gasteiger partial charge in [-0.05, 0) is 61.4 Å². The summed E-state index contributed by atoms with van der Waals surface area (Å²) in [6.45, 7) is 9.39. The van der Waals surface area contributed by atoms with E-state index in [0.717, 1.165) is 19.8 Å². The minimum Gasteiger partial charge on any atom is -0.481 e. The average molecular weight is 491 g/mol. The van der Waals surface area contributed by atoms with Crippen molar-refractivity contribution in [1.29, 1.82) is 0 Å². The summed E-state index contributed by atoms with van der Waals surface area (Å²) in [5, 5.41) is 12.4. The third-order valence-electron chi connectivity index (χ3n) is 6.54. The zero-order chi connectivity index (χ0) is 25.1. The quantitative estimate of drug-likeness (QED) is 0.501. The molecule has 5 nitrogen and oxygen atoms in total. The molecule has 2 N–H and O–H groups in total. The molecule has 0 saturated carbocycles. The van der Waals surface area contributed by atoms with Gasteiger partial charge >= 0.3 is 12.1 Å². The second-order valence-electron chi connectivity index (χ2n) is 10.3. The van der Waals surface area contributed by atoms with Gasteiger partial charge in [-0.3, -0.25) is 14.5 Å². The molecule has 3 atom stereocenters.